The maximum absolute atomic E-state index is 12.2. The molecule has 4 heteroatoms. The Morgan fingerprint density at radius 3 is 2.71 bits per heavy atom. The van der Waals surface area contributed by atoms with E-state index in [4.69, 9.17) is 4.74 Å². The van der Waals surface area contributed by atoms with Gasteiger partial charge in [0.2, 0.25) is 0 Å². The lowest BCUT2D eigenvalue weighted by Crippen LogP contribution is -2.36. The summed E-state index contributed by atoms with van der Waals surface area (Å²) in [6.07, 6.45) is 4.82. The molecule has 1 fully saturated rings. The van der Waals surface area contributed by atoms with Crippen molar-refractivity contribution in [2.75, 3.05) is 18.1 Å². The summed E-state index contributed by atoms with van der Waals surface area (Å²) >= 11 is 3.67. The molecule has 1 saturated heterocycles. The minimum atomic E-state index is -0.178. The van der Waals surface area contributed by atoms with E-state index in [9.17, 15) is 4.79 Å². The van der Waals surface area contributed by atoms with E-state index in [1.54, 1.807) is 6.08 Å². The molecule has 0 saturated carbocycles. The average Bonchev–Trinajstić information content (AvgIpc) is 2.32. The van der Waals surface area contributed by atoms with Crippen LogP contribution in [0.2, 0.25) is 0 Å². The highest BCUT2D eigenvalue weighted by molar-refractivity contribution is 8.19. The molecule has 1 spiro atoms. The monoisotopic (exact) mass is 272 g/mol. The van der Waals surface area contributed by atoms with Crippen LogP contribution in [0.3, 0.4) is 0 Å². The van der Waals surface area contributed by atoms with Crippen LogP contribution >= 0.6 is 23.5 Å². The van der Waals surface area contributed by atoms with E-state index in [-0.39, 0.29) is 9.86 Å². The number of carbonyl (C=O) groups excluding carboxylic acids is 1. The molecule has 0 radical (unpaired) electrons. The molecular formula is C13H20O2S2. The van der Waals surface area contributed by atoms with Crippen LogP contribution in [0.25, 0.3) is 0 Å². The van der Waals surface area contributed by atoms with E-state index < -0.39 is 0 Å². The summed E-state index contributed by atoms with van der Waals surface area (Å²) in [6.45, 7) is 4.96. The Bertz CT molecular complexity index is 317. The molecule has 0 aromatic carbocycles. The minimum Gasteiger partial charge on any atom is -0.498 e. The topological polar surface area (TPSA) is 26.3 Å². The number of thioether (sulfide) groups is 2. The molecule has 0 N–H and O–H groups in total. The lowest BCUT2D eigenvalue weighted by Gasteiger charge is -2.36. The van der Waals surface area contributed by atoms with Crippen LogP contribution in [0.5, 0.6) is 0 Å². The molecule has 1 aliphatic carbocycles. The first-order valence-electron chi connectivity index (χ1n) is 6.28. The van der Waals surface area contributed by atoms with Gasteiger partial charge in [0.1, 0.15) is 4.08 Å². The average molecular weight is 272 g/mol. The quantitative estimate of drug-likeness (QED) is 0.786. The minimum absolute atomic E-state index is 0.178. The van der Waals surface area contributed by atoms with Crippen LogP contribution < -0.4 is 0 Å². The fourth-order valence-electron chi connectivity index (χ4n) is 1.99. The second-order valence-corrected chi connectivity index (χ2v) is 8.03. The molecule has 1 heterocycles. The van der Waals surface area contributed by atoms with E-state index in [1.807, 2.05) is 23.5 Å². The first-order chi connectivity index (χ1) is 8.12. The fraction of sp³-hybridized carbons (Fsp3) is 0.769. The molecule has 0 unspecified atom stereocenters. The van der Waals surface area contributed by atoms with Gasteiger partial charge in [-0.3, -0.25) is 4.79 Å². The highest BCUT2D eigenvalue weighted by atomic mass is 32.2. The van der Waals surface area contributed by atoms with Gasteiger partial charge in [-0.05, 0) is 30.3 Å². The van der Waals surface area contributed by atoms with Gasteiger partial charge < -0.3 is 4.74 Å². The zero-order valence-corrected chi connectivity index (χ0v) is 12.2. The van der Waals surface area contributed by atoms with Crippen molar-refractivity contribution in [3.63, 3.8) is 0 Å². The number of hydrogen-bond donors (Lipinski definition) is 0. The highest BCUT2D eigenvalue weighted by Gasteiger charge is 2.42. The van der Waals surface area contributed by atoms with Crippen molar-refractivity contribution in [3.05, 3.63) is 11.8 Å². The van der Waals surface area contributed by atoms with Crippen molar-refractivity contribution in [2.24, 2.45) is 5.92 Å². The number of ketones is 1. The van der Waals surface area contributed by atoms with Crippen molar-refractivity contribution in [3.8, 4) is 0 Å². The normalized spacial score (nSPS) is 23.9. The van der Waals surface area contributed by atoms with Crippen molar-refractivity contribution in [1.82, 2.24) is 0 Å². The molecule has 0 atom stereocenters. The number of carbonyl (C=O) groups is 1. The van der Waals surface area contributed by atoms with E-state index in [0.29, 0.717) is 12.5 Å². The molecule has 0 bridgehead atoms. The van der Waals surface area contributed by atoms with E-state index in [0.717, 1.165) is 30.1 Å². The number of ether oxygens (including phenoxy) is 1. The number of allylic oxidation sites excluding steroid dienone is 2. The summed E-state index contributed by atoms with van der Waals surface area (Å²) in [4.78, 5) is 12.2. The first-order valence-corrected chi connectivity index (χ1v) is 8.25. The summed E-state index contributed by atoms with van der Waals surface area (Å²) in [6, 6.07) is 0. The van der Waals surface area contributed by atoms with Crippen LogP contribution in [0.4, 0.5) is 0 Å². The van der Waals surface area contributed by atoms with Gasteiger partial charge in [-0.1, -0.05) is 13.8 Å². The van der Waals surface area contributed by atoms with Gasteiger partial charge in [-0.2, -0.15) is 0 Å². The smallest absolute Gasteiger partial charge is 0.185 e. The highest BCUT2D eigenvalue weighted by Crippen LogP contribution is 2.49. The molecule has 0 amide bonds. The van der Waals surface area contributed by atoms with Crippen molar-refractivity contribution < 1.29 is 9.53 Å². The Kier molecular flexibility index (Phi) is 4.47. The van der Waals surface area contributed by atoms with Gasteiger partial charge in [0.15, 0.2) is 5.78 Å². The Hall–Kier alpha value is -0.0900. The molecule has 2 rings (SSSR count). The third kappa shape index (κ3) is 3.22. The maximum Gasteiger partial charge on any atom is 0.185 e. The van der Waals surface area contributed by atoms with Crippen LogP contribution in [0.1, 0.15) is 33.1 Å². The van der Waals surface area contributed by atoms with Crippen molar-refractivity contribution in [1.29, 1.82) is 0 Å². The van der Waals surface area contributed by atoms with E-state index in [2.05, 4.69) is 13.8 Å². The summed E-state index contributed by atoms with van der Waals surface area (Å²) in [5.41, 5.74) is 0. The second-order valence-electron chi connectivity index (χ2n) is 4.98. The van der Waals surface area contributed by atoms with Gasteiger partial charge in [0.05, 0.1) is 12.4 Å². The Morgan fingerprint density at radius 1 is 1.41 bits per heavy atom. The maximum atomic E-state index is 12.2. The van der Waals surface area contributed by atoms with Crippen LogP contribution in [-0.4, -0.2) is 28.0 Å². The lowest BCUT2D eigenvalue weighted by atomic mass is 10.0. The van der Waals surface area contributed by atoms with Crippen molar-refractivity contribution in [2.45, 2.75) is 37.2 Å². The van der Waals surface area contributed by atoms with Crippen LogP contribution in [-0.2, 0) is 9.53 Å². The second kappa shape index (κ2) is 5.70. The predicted molar refractivity (Wildman–Crippen MR) is 75.4 cm³/mol. The molecule has 2 aliphatic rings. The molecule has 0 aromatic heterocycles. The molecule has 1 aliphatic heterocycles. The molecule has 96 valence electrons. The summed E-state index contributed by atoms with van der Waals surface area (Å²) in [5.74, 6) is 3.91. The number of hydrogen-bond acceptors (Lipinski definition) is 4. The van der Waals surface area contributed by atoms with Crippen LogP contribution in [0, 0.1) is 5.92 Å². The largest absolute Gasteiger partial charge is 0.498 e. The Labute approximate surface area is 112 Å². The summed E-state index contributed by atoms with van der Waals surface area (Å²) < 4.78 is 5.49. The Morgan fingerprint density at radius 2 is 2.12 bits per heavy atom. The molecule has 17 heavy (non-hydrogen) atoms. The standard InChI is InChI=1S/C13H20O2S2/c1-10(2)9-15-11-4-5-13(12(14)8-11)16-6-3-7-17-13/h8,10H,3-7,9H2,1-2H3. The van der Waals surface area contributed by atoms with Gasteiger partial charge in [-0.15, -0.1) is 23.5 Å². The molecular weight excluding hydrogens is 252 g/mol. The van der Waals surface area contributed by atoms with Gasteiger partial charge in [0.25, 0.3) is 0 Å². The van der Waals surface area contributed by atoms with Gasteiger partial charge in [0, 0.05) is 12.5 Å². The fourth-order valence-corrected chi connectivity index (χ4v) is 5.14. The third-order valence-electron chi connectivity index (χ3n) is 2.93. The van der Waals surface area contributed by atoms with Gasteiger partial charge >= 0.3 is 0 Å². The van der Waals surface area contributed by atoms with E-state index >= 15 is 0 Å². The van der Waals surface area contributed by atoms with Crippen molar-refractivity contribution >= 4 is 29.3 Å². The van der Waals surface area contributed by atoms with Gasteiger partial charge in [-0.25, -0.2) is 0 Å². The SMILES string of the molecule is CC(C)COC1=CC(=O)C2(CC1)SCCCS2. The third-order valence-corrected chi connectivity index (χ3v) is 6.37. The molecule has 2 nitrogen and oxygen atoms in total. The summed E-state index contributed by atoms with van der Waals surface area (Å²) in [7, 11) is 0. The first kappa shape index (κ1) is 13.3. The number of rotatable bonds is 3. The Balaban J connectivity index is 1.98. The predicted octanol–water partition coefficient (Wildman–Crippen LogP) is 3.47. The van der Waals surface area contributed by atoms with Crippen LogP contribution in [0.15, 0.2) is 11.8 Å². The zero-order chi connectivity index (χ0) is 12.3. The zero-order valence-electron chi connectivity index (χ0n) is 10.5. The van der Waals surface area contributed by atoms with E-state index in [1.165, 1.54) is 6.42 Å². The molecule has 0 aromatic rings. The lowest BCUT2D eigenvalue weighted by molar-refractivity contribution is -0.115. The summed E-state index contributed by atoms with van der Waals surface area (Å²) in [5, 5.41) is 0.